The Hall–Kier alpha value is -3.24. The van der Waals surface area contributed by atoms with E-state index >= 15 is 0 Å². The molecule has 0 radical (unpaired) electrons. The van der Waals surface area contributed by atoms with Crippen molar-refractivity contribution in [3.05, 3.63) is 53.2 Å². The van der Waals surface area contributed by atoms with Crippen LogP contribution in [0.15, 0.2) is 36.4 Å². The number of anilines is 1. The number of carbonyl (C=O) groups is 1. The van der Waals surface area contributed by atoms with Crippen LogP contribution in [0.3, 0.4) is 0 Å². The molecule has 2 aromatic heterocycles. The van der Waals surface area contributed by atoms with E-state index < -0.39 is 0 Å². The first-order valence-electron chi connectivity index (χ1n) is 10.2. The molecule has 1 aliphatic rings. The van der Waals surface area contributed by atoms with Gasteiger partial charge in [0.1, 0.15) is 5.82 Å². The molecule has 2 aromatic carbocycles. The highest BCUT2D eigenvalue weighted by Gasteiger charge is 2.32. The van der Waals surface area contributed by atoms with Crippen molar-refractivity contribution in [3.8, 4) is 22.4 Å². The first-order valence-corrected chi connectivity index (χ1v) is 12.1. The van der Waals surface area contributed by atoms with Gasteiger partial charge in [-0.15, -0.1) is 11.8 Å². The summed E-state index contributed by atoms with van der Waals surface area (Å²) in [5.74, 6) is 2.51. The smallest absolute Gasteiger partial charge is 0.235 e. The molecule has 1 aliphatic heterocycles. The highest BCUT2D eigenvalue weighted by Crippen LogP contribution is 2.48. The van der Waals surface area contributed by atoms with Gasteiger partial charge in [0, 0.05) is 5.56 Å². The number of hydrogen-bond acceptors (Lipinski definition) is 8. The van der Waals surface area contributed by atoms with Gasteiger partial charge in [-0.1, -0.05) is 23.5 Å². The second-order valence-electron chi connectivity index (χ2n) is 7.42. The number of benzene rings is 2. The van der Waals surface area contributed by atoms with Gasteiger partial charge in [0.2, 0.25) is 16.8 Å². The van der Waals surface area contributed by atoms with Gasteiger partial charge in [0.05, 0.1) is 48.2 Å². The third kappa shape index (κ3) is 3.68. The van der Waals surface area contributed by atoms with Crippen LogP contribution in [0.4, 0.5) is 5.82 Å². The van der Waals surface area contributed by atoms with Gasteiger partial charge in [0.25, 0.3) is 0 Å². The number of fused-ring (bicyclic) bond motifs is 2. The zero-order valence-electron chi connectivity index (χ0n) is 18.5. The third-order valence-electron chi connectivity index (χ3n) is 5.46. The average Bonchev–Trinajstić information content (AvgIpc) is 3.34. The third-order valence-corrected chi connectivity index (χ3v) is 7.74. The van der Waals surface area contributed by atoms with Crippen molar-refractivity contribution in [1.82, 2.24) is 14.8 Å². The van der Waals surface area contributed by atoms with Crippen molar-refractivity contribution in [2.45, 2.75) is 12.2 Å². The monoisotopic (exact) mass is 482 g/mol. The molecule has 0 fully saturated rings. The number of nitrogens with zero attached hydrogens (tertiary/aromatic N) is 3. The Morgan fingerprint density at radius 1 is 1.09 bits per heavy atom. The molecule has 0 bridgehead atoms. The number of thiazole rings is 1. The maximum Gasteiger partial charge on any atom is 0.235 e. The molecule has 0 saturated carbocycles. The van der Waals surface area contributed by atoms with Crippen LogP contribution in [0.5, 0.6) is 17.2 Å². The van der Waals surface area contributed by atoms with Crippen molar-refractivity contribution in [1.29, 1.82) is 0 Å². The number of ether oxygens (including phenoxy) is 3. The molecule has 1 atom stereocenters. The van der Waals surface area contributed by atoms with E-state index in [1.807, 2.05) is 43.3 Å². The Kier molecular flexibility index (Phi) is 5.63. The average molecular weight is 483 g/mol. The molecular formula is C23H22N4O4S2. The number of methoxy groups -OCH3 is 3. The van der Waals surface area contributed by atoms with E-state index in [0.29, 0.717) is 34.0 Å². The second kappa shape index (κ2) is 8.60. The van der Waals surface area contributed by atoms with Crippen molar-refractivity contribution >= 4 is 45.0 Å². The number of aromatic nitrogens is 3. The minimum atomic E-state index is -0.171. The Labute approximate surface area is 198 Å². The number of para-hydroxylation sites is 1. The summed E-state index contributed by atoms with van der Waals surface area (Å²) in [6.45, 7) is 1.95. The summed E-state index contributed by atoms with van der Waals surface area (Å²) < 4.78 is 19.4. The molecule has 3 heterocycles. The molecule has 0 spiro atoms. The van der Waals surface area contributed by atoms with Gasteiger partial charge in [-0.2, -0.15) is 9.78 Å². The lowest BCUT2D eigenvalue weighted by Gasteiger charge is -2.19. The van der Waals surface area contributed by atoms with Crippen LogP contribution in [0, 0.1) is 6.92 Å². The van der Waals surface area contributed by atoms with Gasteiger partial charge in [-0.05, 0) is 36.8 Å². The van der Waals surface area contributed by atoms with Crippen molar-refractivity contribution in [2.75, 3.05) is 32.4 Å². The van der Waals surface area contributed by atoms with E-state index in [1.165, 1.54) is 23.1 Å². The summed E-state index contributed by atoms with van der Waals surface area (Å²) >= 11 is 3.07. The first kappa shape index (κ1) is 21.6. The summed E-state index contributed by atoms with van der Waals surface area (Å²) in [5.41, 5.74) is 3.58. The fraction of sp³-hybridized carbons (Fsp3) is 0.261. The largest absolute Gasteiger partial charge is 0.493 e. The van der Waals surface area contributed by atoms with Crippen LogP contribution in [0.1, 0.15) is 22.1 Å². The Morgan fingerprint density at radius 2 is 1.82 bits per heavy atom. The standard InChI is InChI=1S/C23H22N4O4S2/c1-12-19-21(13-9-15(29-2)20(31-4)16(10-13)30-3)32-11-18(28)25-22(19)27(26-12)23-24-14-7-5-6-8-17(14)33-23/h5-10,21H,11H2,1-4H3,(H,25,28)/t21-/m0/s1. The van der Waals surface area contributed by atoms with Crippen molar-refractivity contribution < 1.29 is 19.0 Å². The molecule has 0 aliphatic carbocycles. The Balaban J connectivity index is 1.69. The molecule has 5 rings (SSSR count). The number of nitrogens with one attached hydrogen (secondary N) is 1. The van der Waals surface area contributed by atoms with E-state index in [4.69, 9.17) is 24.3 Å². The molecule has 1 N–H and O–H groups in total. The molecule has 10 heteroatoms. The minimum absolute atomic E-state index is 0.0848. The summed E-state index contributed by atoms with van der Waals surface area (Å²) in [4.78, 5) is 17.4. The van der Waals surface area contributed by atoms with E-state index in [1.54, 1.807) is 26.0 Å². The predicted octanol–water partition coefficient (Wildman–Crippen LogP) is 4.59. The lowest BCUT2D eigenvalue weighted by molar-refractivity contribution is -0.113. The van der Waals surface area contributed by atoms with Crippen LogP contribution in [-0.2, 0) is 4.79 Å². The number of hydrogen-bond donors (Lipinski definition) is 1. The highest BCUT2D eigenvalue weighted by atomic mass is 32.2. The molecule has 0 unspecified atom stereocenters. The Morgan fingerprint density at radius 3 is 2.48 bits per heavy atom. The van der Waals surface area contributed by atoms with Crippen LogP contribution >= 0.6 is 23.1 Å². The number of amides is 1. The maximum absolute atomic E-state index is 12.7. The topological polar surface area (TPSA) is 87.5 Å². The van der Waals surface area contributed by atoms with Gasteiger partial charge in [-0.3, -0.25) is 4.79 Å². The van der Waals surface area contributed by atoms with E-state index in [2.05, 4.69) is 5.32 Å². The predicted molar refractivity (Wildman–Crippen MR) is 131 cm³/mol. The number of aryl methyl sites for hydroxylation is 1. The quantitative estimate of drug-likeness (QED) is 0.445. The first-order chi connectivity index (χ1) is 16.0. The van der Waals surface area contributed by atoms with E-state index in [-0.39, 0.29) is 11.2 Å². The van der Waals surface area contributed by atoms with Crippen molar-refractivity contribution in [3.63, 3.8) is 0 Å². The molecule has 33 heavy (non-hydrogen) atoms. The van der Waals surface area contributed by atoms with Gasteiger partial charge in [0.15, 0.2) is 11.5 Å². The normalized spacial score (nSPS) is 15.6. The summed E-state index contributed by atoms with van der Waals surface area (Å²) in [6, 6.07) is 11.8. The molecular weight excluding hydrogens is 460 g/mol. The van der Waals surface area contributed by atoms with Gasteiger partial charge in [-0.25, -0.2) is 4.98 Å². The van der Waals surface area contributed by atoms with Crippen LogP contribution in [-0.4, -0.2) is 47.8 Å². The van der Waals surface area contributed by atoms with Crippen LogP contribution < -0.4 is 19.5 Å². The summed E-state index contributed by atoms with van der Waals surface area (Å²) in [5, 5.41) is 8.37. The van der Waals surface area contributed by atoms with E-state index in [9.17, 15) is 4.79 Å². The summed E-state index contributed by atoms with van der Waals surface area (Å²) in [7, 11) is 4.76. The van der Waals surface area contributed by atoms with Gasteiger partial charge >= 0.3 is 0 Å². The molecule has 4 aromatic rings. The number of thioether (sulfide) groups is 1. The maximum atomic E-state index is 12.7. The fourth-order valence-corrected chi connectivity index (χ4v) is 6.08. The van der Waals surface area contributed by atoms with Crippen LogP contribution in [0.25, 0.3) is 15.3 Å². The summed E-state index contributed by atoms with van der Waals surface area (Å²) in [6.07, 6.45) is 0. The molecule has 8 nitrogen and oxygen atoms in total. The molecule has 170 valence electrons. The zero-order chi connectivity index (χ0) is 23.1. The minimum Gasteiger partial charge on any atom is -0.493 e. The molecule has 1 amide bonds. The van der Waals surface area contributed by atoms with Gasteiger partial charge < -0.3 is 19.5 Å². The van der Waals surface area contributed by atoms with Crippen LogP contribution in [0.2, 0.25) is 0 Å². The second-order valence-corrected chi connectivity index (χ2v) is 9.52. The zero-order valence-corrected chi connectivity index (χ0v) is 20.2. The number of rotatable bonds is 5. The van der Waals surface area contributed by atoms with Crippen molar-refractivity contribution in [2.24, 2.45) is 0 Å². The highest BCUT2D eigenvalue weighted by molar-refractivity contribution is 8.00. The SMILES string of the molecule is COc1cc([C@@H]2SCC(=O)Nc3c2c(C)nn3-c2nc3ccccc3s2)cc(OC)c1OC. The Bertz CT molecular complexity index is 1310. The lowest BCUT2D eigenvalue weighted by Crippen LogP contribution is -2.15. The number of carbonyl (C=O) groups excluding carboxylic acids is 1. The fourth-order valence-electron chi connectivity index (χ4n) is 3.99. The molecule has 0 saturated heterocycles. The van der Waals surface area contributed by atoms with E-state index in [0.717, 1.165) is 27.0 Å². The lowest BCUT2D eigenvalue weighted by atomic mass is 10.0.